The van der Waals surface area contributed by atoms with Crippen molar-refractivity contribution in [3.63, 3.8) is 0 Å². The van der Waals surface area contributed by atoms with E-state index in [4.69, 9.17) is 21.1 Å². The van der Waals surface area contributed by atoms with Gasteiger partial charge in [0, 0.05) is 10.4 Å². The van der Waals surface area contributed by atoms with Gasteiger partial charge in [0.2, 0.25) is 0 Å². The molecule has 1 aromatic carbocycles. The van der Waals surface area contributed by atoms with Gasteiger partial charge < -0.3 is 9.47 Å². The number of carbonyl (C=O) groups excluding carboxylic acids is 1. The number of carbonyl (C=O) groups is 1. The Morgan fingerprint density at radius 3 is 2.71 bits per heavy atom. The number of ether oxygens (including phenoxy) is 2. The summed E-state index contributed by atoms with van der Waals surface area (Å²) in [7, 11) is 2.81. The van der Waals surface area contributed by atoms with Gasteiger partial charge in [-0.2, -0.15) is 0 Å². The van der Waals surface area contributed by atoms with Gasteiger partial charge in [0.1, 0.15) is 5.57 Å². The molecule has 0 aliphatic rings. The second-order valence-corrected chi connectivity index (χ2v) is 4.19. The van der Waals surface area contributed by atoms with Gasteiger partial charge in [-0.3, -0.25) is 0 Å². The topological polar surface area (TPSA) is 35.5 Å². The van der Waals surface area contributed by atoms with Crippen LogP contribution in [0.1, 0.15) is 11.1 Å². The van der Waals surface area contributed by atoms with Crippen LogP contribution in [-0.2, 0) is 19.6 Å². The molecule has 1 aromatic rings. The van der Waals surface area contributed by atoms with Gasteiger partial charge in [0.15, 0.2) is 0 Å². The van der Waals surface area contributed by atoms with Gasteiger partial charge in [-0.15, -0.1) is 0 Å². The molecule has 0 atom stereocenters. The summed E-state index contributed by atoms with van der Waals surface area (Å²) >= 11 is 9.26. The number of methoxy groups -OCH3 is 2. The third-order valence-electron chi connectivity index (χ3n) is 2.14. The number of rotatable bonds is 4. The molecular formula is C12H12BrClO3. The molecule has 0 unspecified atom stereocenters. The predicted octanol–water partition coefficient (Wildman–Crippen LogP) is 3.40. The number of benzene rings is 1. The maximum Gasteiger partial charge on any atom is 0.341 e. The summed E-state index contributed by atoms with van der Waals surface area (Å²) in [5.74, 6) is -0.448. The molecule has 0 bridgehead atoms. The van der Waals surface area contributed by atoms with E-state index in [0.717, 1.165) is 11.1 Å². The summed E-state index contributed by atoms with van der Waals surface area (Å²) in [4.78, 5) is 11.6. The Labute approximate surface area is 113 Å². The van der Waals surface area contributed by atoms with Gasteiger partial charge >= 0.3 is 5.97 Å². The summed E-state index contributed by atoms with van der Waals surface area (Å²) < 4.78 is 9.61. The average Bonchev–Trinajstić information content (AvgIpc) is 2.35. The summed E-state index contributed by atoms with van der Waals surface area (Å²) in [6.45, 7) is 0. The monoisotopic (exact) mass is 318 g/mol. The van der Waals surface area contributed by atoms with Crippen LogP contribution in [0.3, 0.4) is 0 Å². The maximum atomic E-state index is 11.6. The van der Waals surface area contributed by atoms with Gasteiger partial charge in [0.25, 0.3) is 0 Å². The van der Waals surface area contributed by atoms with E-state index in [1.54, 1.807) is 18.2 Å². The van der Waals surface area contributed by atoms with Crippen molar-refractivity contribution in [2.24, 2.45) is 0 Å². The molecule has 0 radical (unpaired) electrons. The number of halogens is 2. The van der Waals surface area contributed by atoms with E-state index in [2.05, 4.69) is 15.9 Å². The Balaban J connectivity index is 3.28. The first kappa shape index (κ1) is 14.1. The van der Waals surface area contributed by atoms with E-state index in [9.17, 15) is 4.79 Å². The van der Waals surface area contributed by atoms with Gasteiger partial charge in [-0.25, -0.2) is 4.79 Å². The number of hydrogen-bond donors (Lipinski definition) is 0. The zero-order valence-electron chi connectivity index (χ0n) is 9.50. The molecule has 0 spiro atoms. The van der Waals surface area contributed by atoms with Crippen molar-refractivity contribution in [2.45, 2.75) is 5.33 Å². The van der Waals surface area contributed by atoms with Crippen LogP contribution >= 0.6 is 27.5 Å². The van der Waals surface area contributed by atoms with Gasteiger partial charge in [0.05, 0.1) is 20.5 Å². The Morgan fingerprint density at radius 1 is 1.47 bits per heavy atom. The van der Waals surface area contributed by atoms with Crippen LogP contribution in [0.4, 0.5) is 0 Å². The van der Waals surface area contributed by atoms with Crippen molar-refractivity contribution in [2.75, 3.05) is 14.2 Å². The van der Waals surface area contributed by atoms with E-state index >= 15 is 0 Å². The van der Waals surface area contributed by atoms with E-state index in [-0.39, 0.29) is 0 Å². The zero-order valence-corrected chi connectivity index (χ0v) is 11.8. The van der Waals surface area contributed by atoms with E-state index < -0.39 is 5.97 Å². The fourth-order valence-corrected chi connectivity index (χ4v) is 2.04. The zero-order chi connectivity index (χ0) is 12.8. The highest BCUT2D eigenvalue weighted by molar-refractivity contribution is 9.08. The molecular weight excluding hydrogens is 307 g/mol. The third-order valence-corrected chi connectivity index (χ3v) is 2.98. The third kappa shape index (κ3) is 3.48. The molecule has 92 valence electrons. The molecule has 0 aliphatic heterocycles. The Bertz CT molecular complexity index is 443. The number of hydrogen-bond acceptors (Lipinski definition) is 3. The molecule has 0 N–H and O–H groups in total. The smallest absolute Gasteiger partial charge is 0.341 e. The van der Waals surface area contributed by atoms with Crippen LogP contribution in [0, 0.1) is 0 Å². The number of alkyl halides is 1. The van der Waals surface area contributed by atoms with Crippen LogP contribution in [-0.4, -0.2) is 20.2 Å². The summed E-state index contributed by atoms with van der Waals surface area (Å²) in [6, 6.07) is 5.27. The lowest BCUT2D eigenvalue weighted by molar-refractivity contribution is -0.133. The minimum Gasteiger partial charge on any atom is -0.503 e. The van der Waals surface area contributed by atoms with E-state index in [1.807, 2.05) is 0 Å². The van der Waals surface area contributed by atoms with Crippen molar-refractivity contribution in [3.05, 3.63) is 40.6 Å². The average molecular weight is 320 g/mol. The van der Waals surface area contributed by atoms with Crippen LogP contribution in [0.2, 0.25) is 5.02 Å². The fraction of sp³-hybridized carbons (Fsp3) is 0.250. The maximum absolute atomic E-state index is 11.6. The van der Waals surface area contributed by atoms with Crippen molar-refractivity contribution in [1.82, 2.24) is 0 Å². The van der Waals surface area contributed by atoms with Gasteiger partial charge in [-0.1, -0.05) is 33.6 Å². The molecule has 0 fully saturated rings. The molecule has 0 amide bonds. The summed E-state index contributed by atoms with van der Waals surface area (Å²) in [5.41, 5.74) is 1.99. The second kappa shape index (κ2) is 6.67. The van der Waals surface area contributed by atoms with Crippen molar-refractivity contribution in [1.29, 1.82) is 0 Å². The highest BCUT2D eigenvalue weighted by atomic mass is 79.9. The molecule has 3 nitrogen and oxygen atoms in total. The summed E-state index contributed by atoms with van der Waals surface area (Å²) in [6.07, 6.45) is 1.36. The van der Waals surface area contributed by atoms with Gasteiger partial charge in [-0.05, 0) is 23.3 Å². The van der Waals surface area contributed by atoms with Crippen molar-refractivity contribution < 1.29 is 14.3 Å². The van der Waals surface area contributed by atoms with Crippen molar-refractivity contribution >= 4 is 39.1 Å². The molecule has 0 heterocycles. The standard InChI is InChI=1S/C12H12BrClO3/c1-16-7-11(12(15)17-2)10-4-3-9(14)5-8(10)6-13/h3-5,7H,6H2,1-2H3. The first-order chi connectivity index (χ1) is 8.13. The largest absolute Gasteiger partial charge is 0.503 e. The molecule has 0 saturated heterocycles. The Kier molecular flexibility index (Phi) is 5.51. The highest BCUT2D eigenvalue weighted by Crippen LogP contribution is 2.25. The Hall–Kier alpha value is -1.000. The SMILES string of the molecule is COC=C(C(=O)OC)c1ccc(Cl)cc1CBr. The molecule has 0 aliphatic carbocycles. The quantitative estimate of drug-likeness (QED) is 0.369. The molecule has 17 heavy (non-hydrogen) atoms. The predicted molar refractivity (Wildman–Crippen MR) is 71.1 cm³/mol. The molecule has 0 saturated carbocycles. The number of esters is 1. The van der Waals surface area contributed by atoms with E-state index in [0.29, 0.717) is 15.9 Å². The normalized spacial score (nSPS) is 11.2. The van der Waals surface area contributed by atoms with Crippen LogP contribution in [0.15, 0.2) is 24.5 Å². The minimum atomic E-state index is -0.448. The Morgan fingerprint density at radius 2 is 2.18 bits per heavy atom. The van der Waals surface area contributed by atoms with Crippen molar-refractivity contribution in [3.8, 4) is 0 Å². The van der Waals surface area contributed by atoms with Crippen LogP contribution in [0.25, 0.3) is 5.57 Å². The fourth-order valence-electron chi connectivity index (χ4n) is 1.38. The molecule has 0 aromatic heterocycles. The van der Waals surface area contributed by atoms with Crippen LogP contribution in [0.5, 0.6) is 0 Å². The molecule has 5 heteroatoms. The molecule has 1 rings (SSSR count). The first-order valence-corrected chi connectivity index (χ1v) is 6.30. The lowest BCUT2D eigenvalue weighted by Crippen LogP contribution is -2.06. The van der Waals surface area contributed by atoms with Crippen LogP contribution < -0.4 is 0 Å². The minimum absolute atomic E-state index is 0.362. The van der Waals surface area contributed by atoms with E-state index in [1.165, 1.54) is 20.5 Å². The highest BCUT2D eigenvalue weighted by Gasteiger charge is 2.16. The first-order valence-electron chi connectivity index (χ1n) is 4.80. The lowest BCUT2D eigenvalue weighted by Gasteiger charge is -2.10. The summed E-state index contributed by atoms with van der Waals surface area (Å²) in [5, 5.41) is 1.20. The lowest BCUT2D eigenvalue weighted by atomic mass is 10.0. The second-order valence-electron chi connectivity index (χ2n) is 3.19.